The zero-order valence-corrected chi connectivity index (χ0v) is 16.1. The quantitative estimate of drug-likeness (QED) is 0.179. The first-order chi connectivity index (χ1) is 13.0. The molecule has 0 aromatic carbocycles. The van der Waals surface area contributed by atoms with Gasteiger partial charge in [-0.3, -0.25) is 14.8 Å². The Bertz CT molecular complexity index is 765. The molecule has 2 aliphatic carbocycles. The van der Waals surface area contributed by atoms with Crippen molar-refractivity contribution in [3.8, 4) is 0 Å². The molecule has 9 heteroatoms. The van der Waals surface area contributed by atoms with Crippen molar-refractivity contribution in [3.63, 3.8) is 0 Å². The summed E-state index contributed by atoms with van der Waals surface area (Å²) in [7, 11) is 0. The molecule has 2 N–H and O–H groups in total. The second-order valence-electron chi connectivity index (χ2n) is 7.73. The van der Waals surface area contributed by atoms with Crippen molar-refractivity contribution in [2.24, 2.45) is 11.8 Å². The molecule has 0 unspecified atom stereocenters. The van der Waals surface area contributed by atoms with E-state index in [1.165, 1.54) is 20.8 Å². The highest BCUT2D eigenvalue weighted by molar-refractivity contribution is 5.91. The van der Waals surface area contributed by atoms with Crippen molar-refractivity contribution in [2.45, 2.75) is 64.1 Å². The molecule has 0 aromatic rings. The van der Waals surface area contributed by atoms with Gasteiger partial charge in [-0.25, -0.2) is 9.68 Å². The van der Waals surface area contributed by atoms with Crippen LogP contribution < -0.4 is 0 Å². The predicted octanol–water partition coefficient (Wildman–Crippen LogP) is 0.907. The van der Waals surface area contributed by atoms with Crippen LogP contribution >= 0.6 is 0 Å². The average molecular weight is 396 g/mol. The summed E-state index contributed by atoms with van der Waals surface area (Å²) in [6.07, 6.45) is -3.91. The van der Waals surface area contributed by atoms with Crippen molar-refractivity contribution in [2.75, 3.05) is 0 Å². The normalized spacial score (nSPS) is 39.8. The van der Waals surface area contributed by atoms with Crippen LogP contribution in [0.1, 0.15) is 34.1 Å². The standard InChI is InChI=1S/C19H24O9/c1-7-12(28-24)6-11-13(7)15-14(8(2)18(22)27-15)16(25-9(3)20)17(19(11,5)23)26-10(4)21/h11-12,14-17,23-24H,2,6H2,1,3-5H3/t11-,12-,14+,15-,16-,17-,19+/m1/s1. The molecule has 0 spiro atoms. The van der Waals surface area contributed by atoms with Gasteiger partial charge in [0.15, 0.2) is 12.2 Å². The second kappa shape index (κ2) is 6.98. The smallest absolute Gasteiger partial charge is 0.334 e. The van der Waals surface area contributed by atoms with Crippen LogP contribution in [0.4, 0.5) is 0 Å². The topological polar surface area (TPSA) is 129 Å². The van der Waals surface area contributed by atoms with Gasteiger partial charge in [0.2, 0.25) is 0 Å². The van der Waals surface area contributed by atoms with Crippen LogP contribution in [-0.4, -0.2) is 58.3 Å². The molecule has 1 heterocycles. The molecule has 0 bridgehead atoms. The Morgan fingerprint density at radius 3 is 2.39 bits per heavy atom. The maximum atomic E-state index is 12.3. The Morgan fingerprint density at radius 2 is 1.86 bits per heavy atom. The monoisotopic (exact) mass is 396 g/mol. The molecule has 154 valence electrons. The van der Waals surface area contributed by atoms with E-state index in [0.717, 1.165) is 0 Å². The highest BCUT2D eigenvalue weighted by Crippen LogP contribution is 2.53. The number of carbonyl (C=O) groups excluding carboxylic acids is 3. The van der Waals surface area contributed by atoms with Gasteiger partial charge in [-0.05, 0) is 31.4 Å². The molecule has 1 aliphatic heterocycles. The van der Waals surface area contributed by atoms with Crippen molar-refractivity contribution in [1.82, 2.24) is 0 Å². The third-order valence-electron chi connectivity index (χ3n) is 5.95. The van der Waals surface area contributed by atoms with Crippen molar-refractivity contribution < 1.29 is 43.8 Å². The Kier molecular flexibility index (Phi) is 5.11. The van der Waals surface area contributed by atoms with Crippen molar-refractivity contribution in [3.05, 3.63) is 23.3 Å². The zero-order chi connectivity index (χ0) is 21.0. The van der Waals surface area contributed by atoms with Gasteiger partial charge < -0.3 is 19.3 Å². The van der Waals surface area contributed by atoms with Gasteiger partial charge in [-0.1, -0.05) is 6.58 Å². The van der Waals surface area contributed by atoms with E-state index in [9.17, 15) is 24.7 Å². The SMILES string of the molecule is C=C1C(=O)O[C@@H]2C3=C(C)[C@H](OO)C[C@H]3[C@](C)(O)[C@H](OC(C)=O)[C@H](OC(C)=O)[C@@H]12. The van der Waals surface area contributed by atoms with E-state index >= 15 is 0 Å². The first-order valence-electron chi connectivity index (χ1n) is 8.98. The summed E-state index contributed by atoms with van der Waals surface area (Å²) in [4.78, 5) is 40.4. The fourth-order valence-electron chi connectivity index (χ4n) is 4.70. The molecule has 28 heavy (non-hydrogen) atoms. The number of hydrogen-bond acceptors (Lipinski definition) is 9. The molecular weight excluding hydrogens is 372 g/mol. The van der Waals surface area contributed by atoms with Crippen LogP contribution in [0.3, 0.4) is 0 Å². The van der Waals surface area contributed by atoms with Crippen LogP contribution in [-0.2, 0) is 33.5 Å². The third kappa shape index (κ3) is 3.03. The summed E-state index contributed by atoms with van der Waals surface area (Å²) in [6.45, 7) is 9.28. The molecule has 3 rings (SSSR count). The molecule has 1 saturated heterocycles. The number of rotatable bonds is 3. The summed E-state index contributed by atoms with van der Waals surface area (Å²) >= 11 is 0. The number of esters is 3. The number of aliphatic hydroxyl groups is 1. The lowest BCUT2D eigenvalue weighted by Crippen LogP contribution is -2.55. The summed E-state index contributed by atoms with van der Waals surface area (Å²) in [6, 6.07) is 0. The van der Waals surface area contributed by atoms with Gasteiger partial charge in [0.05, 0.1) is 5.92 Å². The van der Waals surface area contributed by atoms with Crippen molar-refractivity contribution in [1.29, 1.82) is 0 Å². The highest BCUT2D eigenvalue weighted by atomic mass is 17.1. The molecule has 3 aliphatic rings. The Labute approximate surface area is 161 Å². The fourth-order valence-corrected chi connectivity index (χ4v) is 4.70. The molecule has 7 atom stereocenters. The predicted molar refractivity (Wildman–Crippen MR) is 92.6 cm³/mol. The van der Waals surface area contributed by atoms with Gasteiger partial charge in [0.1, 0.15) is 17.8 Å². The summed E-state index contributed by atoms with van der Waals surface area (Å²) in [5.74, 6) is -3.56. The minimum Gasteiger partial charge on any atom is -0.458 e. The Hall–Kier alpha value is -2.23. The van der Waals surface area contributed by atoms with E-state index in [2.05, 4.69) is 11.5 Å². The Balaban J connectivity index is 2.23. The van der Waals surface area contributed by atoms with E-state index in [-0.39, 0.29) is 12.0 Å². The Morgan fingerprint density at radius 1 is 1.25 bits per heavy atom. The van der Waals surface area contributed by atoms with Crippen LogP contribution in [0.15, 0.2) is 23.3 Å². The van der Waals surface area contributed by atoms with Gasteiger partial charge in [-0.15, -0.1) is 0 Å². The number of carbonyl (C=O) groups is 3. The fraction of sp³-hybridized carbons (Fsp3) is 0.632. The molecule has 2 fully saturated rings. The molecule has 0 amide bonds. The van der Waals surface area contributed by atoms with Crippen LogP contribution in [0.2, 0.25) is 0 Å². The maximum Gasteiger partial charge on any atom is 0.334 e. The van der Waals surface area contributed by atoms with Gasteiger partial charge in [0, 0.05) is 25.3 Å². The highest BCUT2D eigenvalue weighted by Gasteiger charge is 2.63. The average Bonchev–Trinajstić information content (AvgIpc) is 3.05. The molecular formula is C19H24O9. The molecule has 0 aromatic heterocycles. The number of hydrogen-bond donors (Lipinski definition) is 2. The van der Waals surface area contributed by atoms with E-state index in [1.807, 2.05) is 0 Å². The lowest BCUT2D eigenvalue weighted by atomic mass is 9.79. The van der Waals surface area contributed by atoms with E-state index in [4.69, 9.17) is 14.2 Å². The molecule has 9 nitrogen and oxygen atoms in total. The van der Waals surface area contributed by atoms with E-state index in [0.29, 0.717) is 11.1 Å². The van der Waals surface area contributed by atoms with E-state index < -0.39 is 59.8 Å². The molecule has 0 radical (unpaired) electrons. The van der Waals surface area contributed by atoms with Gasteiger partial charge >= 0.3 is 17.9 Å². The number of ether oxygens (including phenoxy) is 3. The van der Waals surface area contributed by atoms with Crippen LogP contribution in [0.5, 0.6) is 0 Å². The second-order valence-corrected chi connectivity index (χ2v) is 7.73. The first-order valence-corrected chi connectivity index (χ1v) is 8.98. The lowest BCUT2D eigenvalue weighted by Gasteiger charge is -2.39. The first kappa shape index (κ1) is 20.5. The number of fused-ring (bicyclic) bond motifs is 3. The van der Waals surface area contributed by atoms with Gasteiger partial charge in [0.25, 0.3) is 0 Å². The third-order valence-corrected chi connectivity index (χ3v) is 5.95. The molecule has 1 saturated carbocycles. The summed E-state index contributed by atoms with van der Waals surface area (Å²) in [5.41, 5.74) is -0.506. The maximum absolute atomic E-state index is 12.3. The van der Waals surface area contributed by atoms with Crippen molar-refractivity contribution >= 4 is 17.9 Å². The van der Waals surface area contributed by atoms with Crippen LogP contribution in [0, 0.1) is 11.8 Å². The summed E-state index contributed by atoms with van der Waals surface area (Å²) < 4.78 is 16.4. The largest absolute Gasteiger partial charge is 0.458 e. The van der Waals surface area contributed by atoms with E-state index in [1.54, 1.807) is 6.92 Å². The van der Waals surface area contributed by atoms with Crippen LogP contribution in [0.25, 0.3) is 0 Å². The lowest BCUT2D eigenvalue weighted by molar-refractivity contribution is -0.271. The van der Waals surface area contributed by atoms with Gasteiger partial charge in [-0.2, -0.15) is 0 Å². The summed E-state index contributed by atoms with van der Waals surface area (Å²) in [5, 5.41) is 20.7. The minimum absolute atomic E-state index is 0.0542. The minimum atomic E-state index is -1.70. The zero-order valence-electron chi connectivity index (χ0n) is 16.1.